The second-order valence-electron chi connectivity index (χ2n) is 1.09. The molecule has 1 aliphatic rings. The van der Waals surface area contributed by atoms with Gasteiger partial charge in [-0.1, -0.05) is 0 Å². The van der Waals surface area contributed by atoms with Crippen LogP contribution in [0.3, 0.4) is 0 Å². The van der Waals surface area contributed by atoms with Crippen molar-refractivity contribution in [3.8, 4) is 0 Å². The van der Waals surface area contributed by atoms with Gasteiger partial charge in [-0.25, -0.2) is 0 Å². The van der Waals surface area contributed by atoms with E-state index in [9.17, 15) is 0 Å². The van der Waals surface area contributed by atoms with Crippen LogP contribution in [0.25, 0.3) is 0 Å². The number of rotatable bonds is 0. The molecule has 0 nitrogen and oxygen atoms in total. The van der Waals surface area contributed by atoms with Gasteiger partial charge in [-0.05, 0) is 0 Å². The van der Waals surface area contributed by atoms with Crippen molar-refractivity contribution in [3.63, 3.8) is 0 Å². The van der Waals surface area contributed by atoms with Gasteiger partial charge in [-0.15, -0.1) is 17.0 Å². The molecule has 0 amide bonds. The van der Waals surface area contributed by atoms with Gasteiger partial charge in [-0.2, -0.15) is 0 Å². The van der Waals surface area contributed by atoms with Crippen LogP contribution in [0.15, 0.2) is 22.4 Å². The predicted octanol–water partition coefficient (Wildman–Crippen LogP) is 1.77. The maximum absolute atomic E-state index is 2.31. The molecule has 0 spiro atoms. The summed E-state index contributed by atoms with van der Waals surface area (Å²) >= 11 is 0.305. The average molecular weight is 275 g/mol. The van der Waals surface area contributed by atoms with Crippen molar-refractivity contribution in [2.45, 2.75) is 4.47 Å². The van der Waals surface area contributed by atoms with Crippen molar-refractivity contribution in [1.82, 2.24) is 0 Å². The van der Waals surface area contributed by atoms with Crippen LogP contribution in [0, 0.1) is 0 Å². The monoisotopic (exact) mass is 276 g/mol. The van der Waals surface area contributed by atoms with Crippen LogP contribution in [0.5, 0.6) is 0 Å². The first-order valence-corrected chi connectivity index (χ1v) is 4.93. The second kappa shape index (κ2) is 4.90. The minimum atomic E-state index is 0. The van der Waals surface area contributed by atoms with Crippen LogP contribution < -0.4 is 0 Å². The van der Waals surface area contributed by atoms with E-state index in [-0.39, 0.29) is 17.0 Å². The van der Waals surface area contributed by atoms with Gasteiger partial charge >= 0.3 is 47.7 Å². The fourth-order valence-corrected chi connectivity index (χ4v) is 1.87. The molecule has 0 unspecified atom stereocenters. The topological polar surface area (TPSA) is 0 Å². The van der Waals surface area contributed by atoms with Gasteiger partial charge in [0.1, 0.15) is 0 Å². The van der Waals surface area contributed by atoms with Crippen molar-refractivity contribution < 1.29 is 0 Å². The van der Waals surface area contributed by atoms with Crippen molar-refractivity contribution >= 4 is 37.9 Å². The summed E-state index contributed by atoms with van der Waals surface area (Å²) in [7, 11) is 0. The standard InChI is InChI=1S/C5H6Te.BrH/c1-2-4-6-5-3-1;/h1-4H,5H2;1H. The summed E-state index contributed by atoms with van der Waals surface area (Å²) in [5, 5.41) is 0. The van der Waals surface area contributed by atoms with E-state index in [1.807, 2.05) is 0 Å². The number of hydrogen-bond acceptors (Lipinski definition) is 0. The molecule has 0 aromatic heterocycles. The van der Waals surface area contributed by atoms with E-state index in [0.29, 0.717) is 20.9 Å². The van der Waals surface area contributed by atoms with Gasteiger partial charge in [0.2, 0.25) is 0 Å². The number of allylic oxidation sites excluding steroid dienone is 3. The summed E-state index contributed by atoms with van der Waals surface area (Å²) in [5.41, 5.74) is 0. The minimum absolute atomic E-state index is 0. The number of halogens is 1. The summed E-state index contributed by atoms with van der Waals surface area (Å²) in [6, 6.07) is 0. The molecule has 40 valence electrons. The molecular formula is C5H7BrTe. The Balaban J connectivity index is 0.000000360. The van der Waals surface area contributed by atoms with E-state index in [2.05, 4.69) is 22.4 Å². The Morgan fingerprint density at radius 2 is 2.14 bits per heavy atom. The van der Waals surface area contributed by atoms with Crippen molar-refractivity contribution in [2.24, 2.45) is 0 Å². The van der Waals surface area contributed by atoms with Crippen LogP contribution in [-0.2, 0) is 0 Å². The van der Waals surface area contributed by atoms with Gasteiger partial charge < -0.3 is 0 Å². The molecule has 0 radical (unpaired) electrons. The van der Waals surface area contributed by atoms with E-state index in [4.69, 9.17) is 0 Å². The molecule has 0 aromatic carbocycles. The molecule has 7 heavy (non-hydrogen) atoms. The van der Waals surface area contributed by atoms with Crippen molar-refractivity contribution in [2.75, 3.05) is 0 Å². The second-order valence-corrected chi connectivity index (χ2v) is 3.77. The molecule has 0 aliphatic carbocycles. The average Bonchev–Trinajstić information content (AvgIpc) is 1.72. The number of hydrogen-bond donors (Lipinski definition) is 0. The first kappa shape index (κ1) is 7.75. The van der Waals surface area contributed by atoms with E-state index in [1.165, 1.54) is 4.47 Å². The predicted molar refractivity (Wildman–Crippen MR) is 39.2 cm³/mol. The molecule has 0 saturated heterocycles. The normalized spacial score (nSPS) is 16.0. The summed E-state index contributed by atoms with van der Waals surface area (Å²) in [5.74, 6) is 0. The summed E-state index contributed by atoms with van der Waals surface area (Å²) in [6.07, 6.45) is 6.50. The van der Waals surface area contributed by atoms with Gasteiger partial charge in [0.25, 0.3) is 0 Å². The van der Waals surface area contributed by atoms with E-state index >= 15 is 0 Å². The first-order valence-electron chi connectivity index (χ1n) is 1.93. The molecular weight excluding hydrogens is 268 g/mol. The van der Waals surface area contributed by atoms with Crippen LogP contribution in [0.1, 0.15) is 0 Å². The van der Waals surface area contributed by atoms with Crippen molar-refractivity contribution in [3.05, 3.63) is 22.4 Å². The van der Waals surface area contributed by atoms with Gasteiger partial charge in [0.15, 0.2) is 0 Å². The van der Waals surface area contributed by atoms with Crippen LogP contribution in [0.2, 0.25) is 4.47 Å². The van der Waals surface area contributed by atoms with Gasteiger partial charge in [-0.3, -0.25) is 0 Å². The molecule has 1 heterocycles. The van der Waals surface area contributed by atoms with E-state index in [1.54, 1.807) is 0 Å². The third-order valence-corrected chi connectivity index (χ3v) is 2.71. The molecule has 1 rings (SSSR count). The van der Waals surface area contributed by atoms with Gasteiger partial charge in [0.05, 0.1) is 0 Å². The zero-order valence-corrected chi connectivity index (χ0v) is 7.88. The Morgan fingerprint density at radius 3 is 2.29 bits per heavy atom. The van der Waals surface area contributed by atoms with Crippen molar-refractivity contribution in [1.29, 1.82) is 0 Å². The molecule has 0 atom stereocenters. The fourth-order valence-electron chi connectivity index (χ4n) is 0.346. The van der Waals surface area contributed by atoms with E-state index in [0.717, 1.165) is 0 Å². The quantitative estimate of drug-likeness (QED) is 0.591. The fraction of sp³-hybridized carbons (Fsp3) is 0.200. The van der Waals surface area contributed by atoms with E-state index < -0.39 is 0 Å². The summed E-state index contributed by atoms with van der Waals surface area (Å²) in [6.45, 7) is 0. The third-order valence-electron chi connectivity index (χ3n) is 0.614. The Labute approximate surface area is 64.5 Å². The summed E-state index contributed by atoms with van der Waals surface area (Å²) in [4.78, 5) is 0. The third kappa shape index (κ3) is 3.34. The van der Waals surface area contributed by atoms with Crippen LogP contribution >= 0.6 is 17.0 Å². The SMILES string of the molecule is Br.C1=CC[Te]C=C1. The Bertz CT molecular complexity index is 74.1. The molecule has 2 heteroatoms. The Morgan fingerprint density at radius 1 is 1.29 bits per heavy atom. The molecule has 0 N–H and O–H groups in total. The first-order chi connectivity index (χ1) is 3.00. The molecule has 1 aliphatic heterocycles. The zero-order chi connectivity index (χ0) is 4.24. The molecule has 0 fully saturated rings. The zero-order valence-electron chi connectivity index (χ0n) is 3.83. The molecule has 0 saturated carbocycles. The van der Waals surface area contributed by atoms with Crippen LogP contribution in [0.4, 0.5) is 0 Å². The molecule has 0 aromatic rings. The molecule has 0 bridgehead atoms. The Kier molecular flexibility index (Phi) is 5.42. The van der Waals surface area contributed by atoms with Gasteiger partial charge in [0, 0.05) is 0 Å². The Hall–Kier alpha value is 0.750. The summed E-state index contributed by atoms with van der Waals surface area (Å²) < 4.78 is 3.67. The maximum atomic E-state index is 2.31. The van der Waals surface area contributed by atoms with Crippen LogP contribution in [-0.4, -0.2) is 20.9 Å².